The fraction of sp³-hybridized carbons (Fsp3) is 0.167. The molecule has 1 N–H and O–H groups in total. The Bertz CT molecular complexity index is 570. The van der Waals surface area contributed by atoms with Gasteiger partial charge < -0.3 is 9.67 Å². The third-order valence-corrected chi connectivity index (χ3v) is 2.63. The number of aromatic nitrogens is 1. The second-order valence-electron chi connectivity index (χ2n) is 3.63. The van der Waals surface area contributed by atoms with Gasteiger partial charge in [0.1, 0.15) is 0 Å². The highest BCUT2D eigenvalue weighted by Gasteiger charge is 2.17. The SMILES string of the molecule is C=CCn1c(O)c(N=O)c2cccc(C)c21. The number of fused-ring (bicyclic) bond motifs is 1. The summed E-state index contributed by atoms with van der Waals surface area (Å²) in [5.41, 5.74) is 1.92. The molecule has 0 amide bonds. The molecule has 2 rings (SSSR count). The summed E-state index contributed by atoms with van der Waals surface area (Å²) in [6.07, 6.45) is 1.67. The second-order valence-corrected chi connectivity index (χ2v) is 3.63. The third-order valence-electron chi connectivity index (χ3n) is 2.63. The van der Waals surface area contributed by atoms with E-state index in [2.05, 4.69) is 11.8 Å². The first-order chi connectivity index (χ1) is 7.70. The number of rotatable bonds is 3. The highest BCUT2D eigenvalue weighted by Crippen LogP contribution is 2.39. The van der Waals surface area contributed by atoms with Crippen LogP contribution in [-0.2, 0) is 6.54 Å². The monoisotopic (exact) mass is 216 g/mol. The Kier molecular flexibility index (Phi) is 2.48. The number of aryl methyl sites for hydroxylation is 1. The molecule has 4 nitrogen and oxygen atoms in total. The molecular weight excluding hydrogens is 204 g/mol. The lowest BCUT2D eigenvalue weighted by atomic mass is 10.1. The van der Waals surface area contributed by atoms with Crippen LogP contribution in [0.5, 0.6) is 5.88 Å². The summed E-state index contributed by atoms with van der Waals surface area (Å²) >= 11 is 0. The average molecular weight is 216 g/mol. The molecule has 0 aliphatic rings. The molecule has 0 fully saturated rings. The molecule has 1 aromatic heterocycles. The lowest BCUT2D eigenvalue weighted by molar-refractivity contribution is 0.431. The van der Waals surface area contributed by atoms with Gasteiger partial charge in [-0.3, -0.25) is 0 Å². The number of aromatic hydroxyl groups is 1. The van der Waals surface area contributed by atoms with Gasteiger partial charge >= 0.3 is 0 Å². The molecule has 0 bridgehead atoms. The predicted octanol–water partition coefficient (Wildman–Crippen LogP) is 3.24. The second kappa shape index (κ2) is 3.81. The maximum atomic E-state index is 10.7. The summed E-state index contributed by atoms with van der Waals surface area (Å²) in [7, 11) is 0. The summed E-state index contributed by atoms with van der Waals surface area (Å²) in [6, 6.07) is 5.54. The van der Waals surface area contributed by atoms with E-state index in [0.717, 1.165) is 11.1 Å². The molecule has 1 heterocycles. The molecule has 0 aliphatic heterocycles. The zero-order chi connectivity index (χ0) is 11.7. The van der Waals surface area contributed by atoms with Crippen LogP contribution in [0.1, 0.15) is 5.56 Å². The van der Waals surface area contributed by atoms with Crippen LogP contribution >= 0.6 is 0 Å². The highest BCUT2D eigenvalue weighted by molar-refractivity contribution is 5.96. The van der Waals surface area contributed by atoms with Crippen LogP contribution in [0.25, 0.3) is 10.9 Å². The van der Waals surface area contributed by atoms with Crippen molar-refractivity contribution in [3.05, 3.63) is 41.3 Å². The van der Waals surface area contributed by atoms with Gasteiger partial charge in [0.15, 0.2) is 5.69 Å². The van der Waals surface area contributed by atoms with E-state index in [1.54, 1.807) is 16.7 Å². The van der Waals surface area contributed by atoms with E-state index in [-0.39, 0.29) is 11.6 Å². The standard InChI is InChI=1S/C12H12N2O2/c1-3-7-14-11-8(2)5-4-6-9(11)10(13-16)12(14)15/h3-6,15H,1,7H2,2H3. The van der Waals surface area contributed by atoms with E-state index in [1.165, 1.54) is 0 Å². The van der Waals surface area contributed by atoms with Crippen molar-refractivity contribution in [2.45, 2.75) is 13.5 Å². The molecule has 1 aromatic carbocycles. The van der Waals surface area contributed by atoms with E-state index in [0.29, 0.717) is 11.9 Å². The largest absolute Gasteiger partial charge is 0.493 e. The summed E-state index contributed by atoms with van der Waals surface area (Å²) in [4.78, 5) is 10.7. The van der Waals surface area contributed by atoms with E-state index in [4.69, 9.17) is 0 Å². The minimum atomic E-state index is -0.0980. The van der Waals surface area contributed by atoms with Crippen LogP contribution in [0.3, 0.4) is 0 Å². The lowest BCUT2D eigenvalue weighted by Crippen LogP contribution is -1.94. The van der Waals surface area contributed by atoms with Crippen molar-refractivity contribution in [3.8, 4) is 5.88 Å². The maximum Gasteiger partial charge on any atom is 0.222 e. The Labute approximate surface area is 92.8 Å². The minimum Gasteiger partial charge on any atom is -0.493 e. The molecule has 0 spiro atoms. The zero-order valence-corrected chi connectivity index (χ0v) is 8.97. The normalized spacial score (nSPS) is 10.6. The Balaban J connectivity index is 2.91. The minimum absolute atomic E-state index is 0.0977. The van der Waals surface area contributed by atoms with Crippen LogP contribution < -0.4 is 0 Å². The molecule has 0 radical (unpaired) electrons. The first kappa shape index (κ1) is 10.4. The van der Waals surface area contributed by atoms with Crippen molar-refractivity contribution in [1.82, 2.24) is 4.57 Å². The molecule has 2 aromatic rings. The molecule has 0 unspecified atom stereocenters. The summed E-state index contributed by atoms with van der Waals surface area (Å²) in [5.74, 6) is -0.0980. The van der Waals surface area contributed by atoms with Crippen LogP contribution in [0.15, 0.2) is 36.0 Å². The van der Waals surface area contributed by atoms with Crippen molar-refractivity contribution >= 4 is 16.6 Å². The van der Waals surface area contributed by atoms with Gasteiger partial charge in [0.25, 0.3) is 0 Å². The van der Waals surface area contributed by atoms with Crippen molar-refractivity contribution in [2.24, 2.45) is 5.18 Å². The van der Waals surface area contributed by atoms with Crippen molar-refractivity contribution in [1.29, 1.82) is 0 Å². The van der Waals surface area contributed by atoms with E-state index in [1.807, 2.05) is 19.1 Å². The summed E-state index contributed by atoms with van der Waals surface area (Å²) in [6.45, 7) is 6.00. The molecule has 82 valence electrons. The number of nitrogens with zero attached hydrogens (tertiary/aromatic N) is 2. The van der Waals surface area contributed by atoms with E-state index < -0.39 is 0 Å². The lowest BCUT2D eigenvalue weighted by Gasteiger charge is -2.04. The Morgan fingerprint density at radius 3 is 2.94 bits per heavy atom. The fourth-order valence-electron chi connectivity index (χ4n) is 1.96. The molecular formula is C12H12N2O2. The van der Waals surface area contributed by atoms with Gasteiger partial charge in [-0.05, 0) is 17.7 Å². The smallest absolute Gasteiger partial charge is 0.222 e. The van der Waals surface area contributed by atoms with Gasteiger partial charge in [-0.15, -0.1) is 11.5 Å². The summed E-state index contributed by atoms with van der Waals surface area (Å²) < 4.78 is 1.63. The molecule has 16 heavy (non-hydrogen) atoms. The van der Waals surface area contributed by atoms with Crippen LogP contribution in [0, 0.1) is 11.8 Å². The molecule has 0 aliphatic carbocycles. The Morgan fingerprint density at radius 2 is 2.31 bits per heavy atom. The average Bonchev–Trinajstić information content (AvgIpc) is 2.54. The Hall–Kier alpha value is -2.10. The van der Waals surface area contributed by atoms with Crippen molar-refractivity contribution in [2.75, 3.05) is 0 Å². The molecule has 0 saturated heterocycles. The van der Waals surface area contributed by atoms with E-state index in [9.17, 15) is 10.0 Å². The third kappa shape index (κ3) is 1.31. The van der Waals surface area contributed by atoms with Gasteiger partial charge in [-0.1, -0.05) is 24.3 Å². The van der Waals surface area contributed by atoms with Gasteiger partial charge in [0.05, 0.1) is 5.52 Å². The molecule has 0 saturated carbocycles. The van der Waals surface area contributed by atoms with Crippen LogP contribution in [0.2, 0.25) is 0 Å². The van der Waals surface area contributed by atoms with Crippen molar-refractivity contribution in [3.63, 3.8) is 0 Å². The van der Waals surface area contributed by atoms with Gasteiger partial charge in [0, 0.05) is 11.9 Å². The zero-order valence-electron chi connectivity index (χ0n) is 8.97. The molecule has 4 heteroatoms. The topological polar surface area (TPSA) is 54.6 Å². The number of nitroso groups, excluding NO2 is 1. The number of hydrogen-bond donors (Lipinski definition) is 1. The van der Waals surface area contributed by atoms with Gasteiger partial charge in [0.2, 0.25) is 5.88 Å². The van der Waals surface area contributed by atoms with Gasteiger partial charge in [-0.25, -0.2) is 0 Å². The van der Waals surface area contributed by atoms with Gasteiger partial charge in [-0.2, -0.15) is 0 Å². The number of para-hydroxylation sites is 1. The number of hydrogen-bond acceptors (Lipinski definition) is 3. The molecule has 0 atom stereocenters. The first-order valence-electron chi connectivity index (χ1n) is 4.95. The summed E-state index contributed by atoms with van der Waals surface area (Å²) in [5, 5.41) is 13.5. The predicted molar refractivity (Wildman–Crippen MR) is 64.0 cm³/mol. The number of allylic oxidation sites excluding steroid dienone is 1. The first-order valence-corrected chi connectivity index (χ1v) is 4.95. The van der Waals surface area contributed by atoms with Crippen LogP contribution in [0.4, 0.5) is 5.69 Å². The van der Waals surface area contributed by atoms with Crippen molar-refractivity contribution < 1.29 is 5.11 Å². The van der Waals surface area contributed by atoms with Crippen LogP contribution in [-0.4, -0.2) is 9.67 Å². The number of benzene rings is 1. The maximum absolute atomic E-state index is 10.7. The highest BCUT2D eigenvalue weighted by atomic mass is 16.3. The fourth-order valence-corrected chi connectivity index (χ4v) is 1.96. The Morgan fingerprint density at radius 1 is 1.56 bits per heavy atom. The quantitative estimate of drug-likeness (QED) is 0.632. The van der Waals surface area contributed by atoms with E-state index >= 15 is 0 Å².